The van der Waals surface area contributed by atoms with Crippen LogP contribution in [0.15, 0.2) is 34.4 Å². The van der Waals surface area contributed by atoms with E-state index in [0.29, 0.717) is 5.56 Å². The molecule has 43 heavy (non-hydrogen) atoms. The first-order chi connectivity index (χ1) is 20.2. The third kappa shape index (κ3) is 4.22. The molecule has 1 saturated carbocycles. The van der Waals surface area contributed by atoms with Crippen LogP contribution in [0, 0.1) is 11.8 Å². The number of aliphatic hydroxyl groups is 4. The summed E-state index contributed by atoms with van der Waals surface area (Å²) in [6.07, 6.45) is -1.69. The Morgan fingerprint density at radius 3 is 2.49 bits per heavy atom. The van der Waals surface area contributed by atoms with Gasteiger partial charge in [0.2, 0.25) is 5.78 Å². The maximum absolute atomic E-state index is 14.1. The predicted molar refractivity (Wildman–Crippen MR) is 152 cm³/mol. The van der Waals surface area contributed by atoms with Gasteiger partial charge in [-0.25, -0.2) is 9.78 Å². The lowest BCUT2D eigenvalue weighted by Crippen LogP contribution is -2.70. The number of aromatic hydroxyl groups is 1. The lowest BCUT2D eigenvalue weighted by Gasteiger charge is -2.53. The molecule has 0 spiro atoms. The Labute approximate surface area is 248 Å². The molecule has 6 unspecified atom stereocenters. The third-order valence-electron chi connectivity index (χ3n) is 8.36. The van der Waals surface area contributed by atoms with Crippen molar-refractivity contribution in [3.8, 4) is 5.75 Å². The number of fused-ring (bicyclic) bond motifs is 3. The lowest BCUT2D eigenvalue weighted by atomic mass is 9.54. The number of phenols is 1. The summed E-state index contributed by atoms with van der Waals surface area (Å²) < 4.78 is 4.93. The second-order valence-electron chi connectivity index (χ2n) is 10.9. The van der Waals surface area contributed by atoms with Crippen LogP contribution in [0.4, 0.5) is 10.8 Å². The van der Waals surface area contributed by atoms with Gasteiger partial charge in [0.1, 0.15) is 22.8 Å². The fourth-order valence-corrected chi connectivity index (χ4v) is 7.15. The number of nitrogens with one attached hydrogen (secondary N) is 1. The van der Waals surface area contributed by atoms with Gasteiger partial charge in [-0.15, -0.1) is 11.3 Å². The number of anilines is 2. The van der Waals surface area contributed by atoms with Crippen LogP contribution in [-0.2, 0) is 19.1 Å². The monoisotopic (exact) mass is 614 g/mol. The van der Waals surface area contributed by atoms with Gasteiger partial charge < -0.3 is 41.3 Å². The fraction of sp³-hybridized carbons (Fsp3) is 0.393. The number of aliphatic hydroxyl groups excluding tert-OH is 3. The number of hydrogen-bond acceptors (Lipinski definition) is 14. The van der Waals surface area contributed by atoms with Crippen LogP contribution in [0.2, 0.25) is 0 Å². The number of phenolic OH excluding ortho intramolecular Hbond substituents is 1. The number of ether oxygens (including phenoxy) is 1. The number of thiazole rings is 1. The first-order valence-electron chi connectivity index (χ1n) is 13.3. The molecule has 5 rings (SSSR count). The largest absolute Gasteiger partial charge is 0.508 e. The molecule has 3 aliphatic carbocycles. The molecule has 1 amide bonds. The highest BCUT2D eigenvalue weighted by atomic mass is 32.1. The van der Waals surface area contributed by atoms with Crippen molar-refractivity contribution < 1.29 is 49.4 Å². The number of likely N-dealkylation sites (N-methyl/N-ethyl adjacent to an activating group) is 1. The Morgan fingerprint density at radius 2 is 1.88 bits per heavy atom. The first kappa shape index (κ1) is 30.2. The second-order valence-corrected chi connectivity index (χ2v) is 11.7. The average Bonchev–Trinajstić information content (AvgIpc) is 3.40. The number of nitrogens with two attached hydrogens (primary N) is 1. The molecule has 228 valence electrons. The minimum Gasteiger partial charge on any atom is -0.508 e. The first-order valence-corrected chi connectivity index (χ1v) is 14.1. The molecule has 8 N–H and O–H groups in total. The molecule has 0 aliphatic heterocycles. The van der Waals surface area contributed by atoms with E-state index in [-0.39, 0.29) is 28.7 Å². The summed E-state index contributed by atoms with van der Waals surface area (Å²) in [5.41, 5.74) is 1.12. The molecule has 6 atom stereocenters. The molecule has 0 radical (unpaired) electrons. The van der Waals surface area contributed by atoms with E-state index < -0.39 is 87.4 Å². The van der Waals surface area contributed by atoms with Crippen LogP contribution in [0.5, 0.6) is 5.75 Å². The van der Waals surface area contributed by atoms with E-state index in [1.807, 2.05) is 0 Å². The van der Waals surface area contributed by atoms with E-state index in [9.17, 15) is 44.7 Å². The molecule has 1 aromatic carbocycles. The van der Waals surface area contributed by atoms with Gasteiger partial charge in [-0.1, -0.05) is 13.0 Å². The quantitative estimate of drug-likeness (QED) is 0.136. The number of amides is 1. The number of rotatable bonds is 6. The molecule has 0 saturated heterocycles. The number of hydrogen-bond donors (Lipinski definition) is 7. The highest BCUT2D eigenvalue weighted by molar-refractivity contribution is 7.14. The second kappa shape index (κ2) is 10.4. The van der Waals surface area contributed by atoms with E-state index in [2.05, 4.69) is 10.3 Å². The molecular formula is C28H30N4O10S. The molecule has 2 aromatic rings. The number of aromatic nitrogens is 1. The SMILES string of the molecule is CCOC(=O)c1csc(Nc2ccc3c(c2O)C(O)=C2C(=O)C4(O)C(O)=C(C(N)=O)C(=O)C(N(C)C)C4C(O)C2C3C)n1. The lowest BCUT2D eigenvalue weighted by molar-refractivity contribution is -0.169. The van der Waals surface area contributed by atoms with Gasteiger partial charge in [-0.05, 0) is 38.6 Å². The zero-order valence-electron chi connectivity index (χ0n) is 23.5. The topological polar surface area (TPSA) is 233 Å². The van der Waals surface area contributed by atoms with Crippen LogP contribution in [0.3, 0.4) is 0 Å². The normalized spacial score (nSPS) is 28.4. The Kier molecular flexibility index (Phi) is 7.33. The zero-order valence-corrected chi connectivity index (χ0v) is 24.3. The molecule has 14 nitrogen and oxygen atoms in total. The number of nitrogens with zero attached hydrogens (tertiary/aromatic N) is 2. The van der Waals surface area contributed by atoms with E-state index in [0.717, 1.165) is 11.3 Å². The van der Waals surface area contributed by atoms with Gasteiger partial charge in [0.25, 0.3) is 5.91 Å². The van der Waals surface area contributed by atoms with Crippen molar-refractivity contribution in [1.29, 1.82) is 0 Å². The van der Waals surface area contributed by atoms with E-state index in [1.54, 1.807) is 19.9 Å². The summed E-state index contributed by atoms with van der Waals surface area (Å²) in [6, 6.07) is 1.62. The number of ketones is 2. The summed E-state index contributed by atoms with van der Waals surface area (Å²) >= 11 is 1.05. The number of Topliss-reactive ketones (excluding diaryl/α,β-unsaturated/α-hetero) is 2. The summed E-state index contributed by atoms with van der Waals surface area (Å²) in [5, 5.41) is 61.7. The minimum absolute atomic E-state index is 0.0444. The van der Waals surface area contributed by atoms with E-state index in [4.69, 9.17) is 10.5 Å². The number of benzene rings is 1. The molecule has 0 bridgehead atoms. The van der Waals surface area contributed by atoms with Crippen LogP contribution in [0.1, 0.15) is 41.4 Å². The van der Waals surface area contributed by atoms with Crippen molar-refractivity contribution in [2.75, 3.05) is 26.0 Å². The van der Waals surface area contributed by atoms with Gasteiger partial charge >= 0.3 is 5.97 Å². The smallest absolute Gasteiger partial charge is 0.357 e. The highest BCUT2D eigenvalue weighted by Gasteiger charge is 2.68. The Morgan fingerprint density at radius 1 is 1.21 bits per heavy atom. The van der Waals surface area contributed by atoms with Gasteiger partial charge in [0.15, 0.2) is 22.2 Å². The minimum atomic E-state index is -3.00. The molecule has 3 aliphatic rings. The molecular weight excluding hydrogens is 584 g/mol. The summed E-state index contributed by atoms with van der Waals surface area (Å²) in [5.74, 6) is -10.4. The molecule has 1 fully saturated rings. The maximum atomic E-state index is 14.1. The van der Waals surface area contributed by atoms with Crippen molar-refractivity contribution in [1.82, 2.24) is 9.88 Å². The van der Waals surface area contributed by atoms with E-state index in [1.165, 1.54) is 30.4 Å². The fourth-order valence-electron chi connectivity index (χ4n) is 6.46. The van der Waals surface area contributed by atoms with Crippen molar-refractivity contribution in [3.05, 3.63) is 51.2 Å². The predicted octanol–water partition coefficient (Wildman–Crippen LogP) is 0.873. The maximum Gasteiger partial charge on any atom is 0.357 e. The molecule has 1 heterocycles. The number of primary amides is 1. The van der Waals surface area contributed by atoms with Crippen molar-refractivity contribution in [2.24, 2.45) is 17.6 Å². The summed E-state index contributed by atoms with van der Waals surface area (Å²) in [7, 11) is 2.88. The Hall–Kier alpha value is -4.31. The number of esters is 1. The van der Waals surface area contributed by atoms with Crippen molar-refractivity contribution in [3.63, 3.8) is 0 Å². The Balaban J connectivity index is 1.65. The van der Waals surface area contributed by atoms with Crippen molar-refractivity contribution in [2.45, 2.75) is 37.5 Å². The standard InChI is InChI=1S/C28H30N4O10S/c1-5-42-26(40)12-8-43-27(31-12)30-11-7-6-10-9(2)13-15(20(34)14(10)19(11)33)23(37)28(41)17(21(13)35)18(32(3)4)22(36)16(24(28)38)25(29)39/h6-9,13,17-18,21,33-35,38,41H,5H2,1-4H3,(H2,29,39)(H,30,31). The van der Waals surface area contributed by atoms with Gasteiger partial charge in [-0.3, -0.25) is 19.3 Å². The van der Waals surface area contributed by atoms with Crippen LogP contribution in [0.25, 0.3) is 5.76 Å². The molecule has 1 aromatic heterocycles. The zero-order chi connectivity index (χ0) is 31.7. The van der Waals surface area contributed by atoms with Gasteiger partial charge in [-0.2, -0.15) is 0 Å². The van der Waals surface area contributed by atoms with Crippen LogP contribution in [-0.4, -0.2) is 97.3 Å². The van der Waals surface area contributed by atoms with Crippen LogP contribution >= 0.6 is 11.3 Å². The summed E-state index contributed by atoms with van der Waals surface area (Å²) in [4.78, 5) is 56.9. The molecule has 15 heteroatoms. The summed E-state index contributed by atoms with van der Waals surface area (Å²) in [6.45, 7) is 3.44. The third-order valence-corrected chi connectivity index (χ3v) is 9.12. The van der Waals surface area contributed by atoms with Crippen LogP contribution < -0.4 is 11.1 Å². The number of carbonyl (C=O) groups excluding carboxylic acids is 4. The van der Waals surface area contributed by atoms with E-state index >= 15 is 0 Å². The van der Waals surface area contributed by atoms with Crippen molar-refractivity contribution >= 4 is 51.4 Å². The Bertz CT molecular complexity index is 1650. The average molecular weight is 615 g/mol. The van der Waals surface area contributed by atoms with Gasteiger partial charge in [0.05, 0.1) is 35.9 Å². The highest BCUT2D eigenvalue weighted by Crippen LogP contribution is 2.56. The van der Waals surface area contributed by atoms with Gasteiger partial charge in [0, 0.05) is 16.9 Å². The number of carbonyl (C=O) groups is 4.